The third-order valence-electron chi connectivity index (χ3n) is 3.07. The molecule has 1 aromatic carbocycles. The number of hydrazone groups is 1. The van der Waals surface area contributed by atoms with E-state index in [0.29, 0.717) is 5.92 Å². The Hall–Kier alpha value is -0.390. The monoisotopic (exact) mass is 359 g/mol. The minimum absolute atomic E-state index is 0.457. The Balaban J connectivity index is 2.28. The number of nitrogens with one attached hydrogen (secondary N) is 1. The number of hydrogen-bond acceptors (Lipinski definition) is 3. The van der Waals surface area contributed by atoms with E-state index < -0.39 is 0 Å². The van der Waals surface area contributed by atoms with Gasteiger partial charge in [0.2, 0.25) is 0 Å². The number of benzene rings is 1. The maximum absolute atomic E-state index is 5.58. The number of halogens is 2. The Labute approximate surface area is 118 Å². The van der Waals surface area contributed by atoms with Crippen LogP contribution >= 0.6 is 31.9 Å². The van der Waals surface area contributed by atoms with Crippen molar-refractivity contribution in [1.29, 1.82) is 0 Å². The minimum atomic E-state index is 0.457. The van der Waals surface area contributed by atoms with Crippen molar-refractivity contribution in [2.75, 3.05) is 13.1 Å². The summed E-state index contributed by atoms with van der Waals surface area (Å²) in [6.45, 7) is 2.08. The lowest BCUT2D eigenvalue weighted by molar-refractivity contribution is 0.456. The molecule has 0 spiro atoms. The Morgan fingerprint density at radius 2 is 2.00 bits per heavy atom. The number of piperidine rings is 1. The average molecular weight is 361 g/mol. The fourth-order valence-corrected chi connectivity index (χ4v) is 3.44. The van der Waals surface area contributed by atoms with Gasteiger partial charge in [0.1, 0.15) is 0 Å². The van der Waals surface area contributed by atoms with Gasteiger partial charge in [-0.25, -0.2) is 0 Å². The Bertz CT molecular complexity index is 426. The highest BCUT2D eigenvalue weighted by molar-refractivity contribution is 9.11. The maximum Gasteiger partial charge on any atom is 0.0715 e. The molecule has 1 aliphatic heterocycles. The molecule has 0 bridgehead atoms. The van der Waals surface area contributed by atoms with Gasteiger partial charge in [-0.1, -0.05) is 37.9 Å². The molecule has 17 heavy (non-hydrogen) atoms. The van der Waals surface area contributed by atoms with E-state index in [1.807, 2.05) is 12.1 Å². The molecule has 5 heteroatoms. The summed E-state index contributed by atoms with van der Waals surface area (Å²) in [4.78, 5) is 0. The molecule has 0 saturated carbocycles. The zero-order valence-electron chi connectivity index (χ0n) is 9.42. The van der Waals surface area contributed by atoms with Crippen molar-refractivity contribution in [3.8, 4) is 0 Å². The van der Waals surface area contributed by atoms with Crippen molar-refractivity contribution < 1.29 is 0 Å². The fraction of sp³-hybridized carbons (Fsp3) is 0.417. The summed E-state index contributed by atoms with van der Waals surface area (Å²) in [6.07, 6.45) is 2.19. The molecule has 1 heterocycles. The summed E-state index contributed by atoms with van der Waals surface area (Å²) in [5.74, 6) is 6.03. The normalized spacial score (nSPS) is 18.4. The van der Waals surface area contributed by atoms with Crippen LogP contribution in [0.2, 0.25) is 0 Å². The largest absolute Gasteiger partial charge is 0.323 e. The molecule has 0 atom stereocenters. The van der Waals surface area contributed by atoms with Crippen LogP contribution in [0.15, 0.2) is 32.2 Å². The quantitative estimate of drug-likeness (QED) is 0.484. The van der Waals surface area contributed by atoms with Gasteiger partial charge in [-0.2, -0.15) is 5.10 Å². The summed E-state index contributed by atoms with van der Waals surface area (Å²) in [6, 6.07) is 6.11. The van der Waals surface area contributed by atoms with Crippen LogP contribution < -0.4 is 11.2 Å². The molecule has 0 aliphatic carbocycles. The van der Waals surface area contributed by atoms with Gasteiger partial charge in [0, 0.05) is 20.4 Å². The van der Waals surface area contributed by atoms with Gasteiger partial charge in [0.15, 0.2) is 0 Å². The van der Waals surface area contributed by atoms with Crippen molar-refractivity contribution in [3.63, 3.8) is 0 Å². The summed E-state index contributed by atoms with van der Waals surface area (Å²) >= 11 is 7.03. The topological polar surface area (TPSA) is 50.4 Å². The van der Waals surface area contributed by atoms with E-state index in [2.05, 4.69) is 48.3 Å². The summed E-state index contributed by atoms with van der Waals surface area (Å²) < 4.78 is 2.09. The van der Waals surface area contributed by atoms with Crippen LogP contribution in [0.3, 0.4) is 0 Å². The first-order chi connectivity index (χ1) is 8.22. The molecule has 1 fully saturated rings. The lowest BCUT2D eigenvalue weighted by atomic mass is 9.89. The van der Waals surface area contributed by atoms with E-state index in [-0.39, 0.29) is 0 Å². The zero-order valence-corrected chi connectivity index (χ0v) is 12.6. The van der Waals surface area contributed by atoms with Crippen molar-refractivity contribution in [2.24, 2.45) is 16.9 Å². The zero-order chi connectivity index (χ0) is 12.3. The second kappa shape index (κ2) is 5.98. The number of nitrogens with zero attached hydrogens (tertiary/aromatic N) is 1. The maximum atomic E-state index is 5.58. The van der Waals surface area contributed by atoms with Crippen molar-refractivity contribution in [3.05, 3.63) is 32.7 Å². The molecule has 1 saturated heterocycles. The lowest BCUT2D eigenvalue weighted by Crippen LogP contribution is -2.32. The van der Waals surface area contributed by atoms with Gasteiger partial charge in [0.25, 0.3) is 0 Å². The van der Waals surface area contributed by atoms with Crippen LogP contribution in [0.5, 0.6) is 0 Å². The predicted molar refractivity (Wildman–Crippen MR) is 78.2 cm³/mol. The molecular formula is C12H15Br2N3. The van der Waals surface area contributed by atoms with E-state index in [4.69, 9.17) is 5.84 Å². The molecular weight excluding hydrogens is 346 g/mol. The standard InChI is InChI=1S/C12H15Br2N3/c13-9-1-2-10(11(14)7-9)12(17-15)8-3-5-16-6-4-8/h1-2,7-8,16H,3-6,15H2. The van der Waals surface area contributed by atoms with Crippen LogP contribution in [-0.4, -0.2) is 18.8 Å². The third kappa shape index (κ3) is 3.09. The Morgan fingerprint density at radius 1 is 1.29 bits per heavy atom. The van der Waals surface area contributed by atoms with Crippen LogP contribution in [0.1, 0.15) is 18.4 Å². The Kier molecular flexibility index (Phi) is 4.59. The first-order valence-corrected chi connectivity index (χ1v) is 7.25. The number of nitrogens with two attached hydrogens (primary N) is 1. The van der Waals surface area contributed by atoms with Gasteiger partial charge in [0.05, 0.1) is 5.71 Å². The highest BCUT2D eigenvalue weighted by Crippen LogP contribution is 2.27. The van der Waals surface area contributed by atoms with Crippen molar-refractivity contribution >= 4 is 37.6 Å². The summed E-state index contributed by atoms with van der Waals surface area (Å²) in [5.41, 5.74) is 2.11. The number of hydrogen-bond donors (Lipinski definition) is 2. The summed E-state index contributed by atoms with van der Waals surface area (Å²) in [5, 5.41) is 7.37. The van der Waals surface area contributed by atoms with E-state index in [0.717, 1.165) is 46.2 Å². The first kappa shape index (κ1) is 13.1. The average Bonchev–Trinajstić information content (AvgIpc) is 2.34. The van der Waals surface area contributed by atoms with Gasteiger partial charge in [-0.3, -0.25) is 0 Å². The number of rotatable bonds is 2. The SMILES string of the molecule is NN=C(c1ccc(Br)cc1Br)C1CCNCC1. The van der Waals surface area contributed by atoms with E-state index >= 15 is 0 Å². The molecule has 0 amide bonds. The highest BCUT2D eigenvalue weighted by atomic mass is 79.9. The molecule has 0 unspecified atom stereocenters. The van der Waals surface area contributed by atoms with Crippen molar-refractivity contribution in [1.82, 2.24) is 5.32 Å². The van der Waals surface area contributed by atoms with E-state index in [9.17, 15) is 0 Å². The molecule has 92 valence electrons. The van der Waals surface area contributed by atoms with Gasteiger partial charge < -0.3 is 11.2 Å². The molecule has 0 radical (unpaired) electrons. The van der Waals surface area contributed by atoms with Crippen LogP contribution in [-0.2, 0) is 0 Å². The fourth-order valence-electron chi connectivity index (χ4n) is 2.19. The minimum Gasteiger partial charge on any atom is -0.323 e. The van der Waals surface area contributed by atoms with Gasteiger partial charge in [-0.05, 0) is 38.1 Å². The lowest BCUT2D eigenvalue weighted by Gasteiger charge is -2.24. The third-order valence-corrected chi connectivity index (χ3v) is 4.22. The first-order valence-electron chi connectivity index (χ1n) is 5.66. The second-order valence-corrected chi connectivity index (χ2v) is 5.93. The molecule has 1 aromatic rings. The highest BCUT2D eigenvalue weighted by Gasteiger charge is 2.21. The van der Waals surface area contributed by atoms with Gasteiger partial charge in [-0.15, -0.1) is 0 Å². The van der Waals surface area contributed by atoms with Crippen LogP contribution in [0.25, 0.3) is 0 Å². The molecule has 3 nitrogen and oxygen atoms in total. The van der Waals surface area contributed by atoms with Gasteiger partial charge >= 0.3 is 0 Å². The molecule has 3 N–H and O–H groups in total. The van der Waals surface area contributed by atoms with E-state index in [1.54, 1.807) is 0 Å². The van der Waals surface area contributed by atoms with Crippen LogP contribution in [0, 0.1) is 5.92 Å². The van der Waals surface area contributed by atoms with E-state index in [1.165, 1.54) is 0 Å². The molecule has 2 rings (SSSR count). The molecule has 0 aromatic heterocycles. The second-order valence-electron chi connectivity index (χ2n) is 4.16. The van der Waals surface area contributed by atoms with Crippen molar-refractivity contribution in [2.45, 2.75) is 12.8 Å². The molecule has 1 aliphatic rings. The smallest absolute Gasteiger partial charge is 0.0715 e. The predicted octanol–water partition coefficient (Wildman–Crippen LogP) is 2.87. The summed E-state index contributed by atoms with van der Waals surface area (Å²) in [7, 11) is 0. The Morgan fingerprint density at radius 3 is 2.59 bits per heavy atom. The van der Waals surface area contributed by atoms with Crippen LogP contribution in [0.4, 0.5) is 0 Å².